The van der Waals surface area contributed by atoms with E-state index in [-0.39, 0.29) is 0 Å². The maximum Gasteiger partial charge on any atom is 0.0594 e. The fourth-order valence-corrected chi connectivity index (χ4v) is 2.93. The van der Waals surface area contributed by atoms with Gasteiger partial charge in [-0.3, -0.25) is 0 Å². The summed E-state index contributed by atoms with van der Waals surface area (Å²) in [5, 5.41) is 3.44. The average Bonchev–Trinajstić information content (AvgIpc) is 2.43. The van der Waals surface area contributed by atoms with E-state index in [9.17, 15) is 0 Å². The van der Waals surface area contributed by atoms with Crippen LogP contribution in [0.3, 0.4) is 0 Å². The molecular formula is C16H24BrNO. The third-order valence-corrected chi connectivity index (χ3v) is 4.60. The third kappa shape index (κ3) is 5.25. The molecule has 0 heterocycles. The van der Waals surface area contributed by atoms with E-state index in [1.807, 2.05) is 0 Å². The summed E-state index contributed by atoms with van der Waals surface area (Å²) < 4.78 is 7.08. The first-order valence-corrected chi connectivity index (χ1v) is 8.12. The van der Waals surface area contributed by atoms with E-state index in [2.05, 4.69) is 46.4 Å². The molecule has 106 valence electrons. The number of benzene rings is 1. The summed E-state index contributed by atoms with van der Waals surface area (Å²) in [6, 6.07) is 6.51. The standard InChI is InChI=1S/C16H24BrNO/c1-13-7-8-14(11-16(13)17)12-18-9-10-19-15-5-3-2-4-6-15/h7-8,11,15,18H,2-6,9-10,12H2,1H3. The van der Waals surface area contributed by atoms with Gasteiger partial charge in [0.2, 0.25) is 0 Å². The molecule has 0 unspecified atom stereocenters. The van der Waals surface area contributed by atoms with Crippen LogP contribution in [0.2, 0.25) is 0 Å². The van der Waals surface area contributed by atoms with Crippen molar-refractivity contribution in [2.75, 3.05) is 13.2 Å². The Balaban J connectivity index is 1.59. The zero-order valence-corrected chi connectivity index (χ0v) is 13.3. The molecule has 1 saturated carbocycles. The molecule has 2 nitrogen and oxygen atoms in total. The average molecular weight is 326 g/mol. The monoisotopic (exact) mass is 325 g/mol. The minimum Gasteiger partial charge on any atom is -0.377 e. The lowest BCUT2D eigenvalue weighted by molar-refractivity contribution is 0.0302. The van der Waals surface area contributed by atoms with Crippen LogP contribution in [0.5, 0.6) is 0 Å². The van der Waals surface area contributed by atoms with Crippen molar-refractivity contribution in [2.45, 2.75) is 51.7 Å². The topological polar surface area (TPSA) is 21.3 Å². The van der Waals surface area contributed by atoms with Gasteiger partial charge in [0.1, 0.15) is 0 Å². The van der Waals surface area contributed by atoms with E-state index in [0.717, 1.165) is 19.7 Å². The maximum absolute atomic E-state index is 5.89. The molecule has 0 spiro atoms. The van der Waals surface area contributed by atoms with Crippen molar-refractivity contribution in [2.24, 2.45) is 0 Å². The molecule has 1 aliphatic carbocycles. The van der Waals surface area contributed by atoms with Crippen LogP contribution in [-0.4, -0.2) is 19.3 Å². The van der Waals surface area contributed by atoms with Crippen LogP contribution in [0.15, 0.2) is 22.7 Å². The summed E-state index contributed by atoms with van der Waals surface area (Å²) in [5.41, 5.74) is 2.60. The second-order valence-corrected chi connectivity index (χ2v) is 6.25. The van der Waals surface area contributed by atoms with Gasteiger partial charge in [-0.1, -0.05) is 47.3 Å². The Morgan fingerprint density at radius 3 is 2.79 bits per heavy atom. The van der Waals surface area contributed by atoms with E-state index in [0.29, 0.717) is 6.10 Å². The summed E-state index contributed by atoms with van der Waals surface area (Å²) >= 11 is 3.57. The molecular weight excluding hydrogens is 302 g/mol. The molecule has 3 heteroatoms. The first-order valence-electron chi connectivity index (χ1n) is 7.33. The van der Waals surface area contributed by atoms with Crippen LogP contribution in [-0.2, 0) is 11.3 Å². The molecule has 2 rings (SSSR count). The maximum atomic E-state index is 5.89. The van der Waals surface area contributed by atoms with Crippen molar-refractivity contribution in [3.05, 3.63) is 33.8 Å². The largest absolute Gasteiger partial charge is 0.377 e. The summed E-state index contributed by atoms with van der Waals surface area (Å²) in [4.78, 5) is 0. The van der Waals surface area contributed by atoms with Crippen LogP contribution in [0, 0.1) is 6.92 Å². The van der Waals surface area contributed by atoms with Gasteiger partial charge >= 0.3 is 0 Å². The van der Waals surface area contributed by atoms with Crippen LogP contribution < -0.4 is 5.32 Å². The predicted molar refractivity (Wildman–Crippen MR) is 83.4 cm³/mol. The number of rotatable bonds is 6. The smallest absolute Gasteiger partial charge is 0.0594 e. The summed E-state index contributed by atoms with van der Waals surface area (Å²) in [6.07, 6.45) is 7.10. The second-order valence-electron chi connectivity index (χ2n) is 5.39. The Hall–Kier alpha value is -0.380. The van der Waals surface area contributed by atoms with Gasteiger partial charge in [-0.25, -0.2) is 0 Å². The highest BCUT2D eigenvalue weighted by Gasteiger charge is 2.12. The zero-order valence-electron chi connectivity index (χ0n) is 11.8. The van der Waals surface area contributed by atoms with Crippen molar-refractivity contribution in [3.8, 4) is 0 Å². The Morgan fingerprint density at radius 2 is 2.05 bits per heavy atom. The predicted octanol–water partition coefficient (Wildman–Crippen LogP) is 4.20. The normalized spacial score (nSPS) is 16.7. The van der Waals surface area contributed by atoms with E-state index in [1.54, 1.807) is 0 Å². The van der Waals surface area contributed by atoms with Gasteiger partial charge in [-0.2, -0.15) is 0 Å². The minimum atomic E-state index is 0.518. The molecule has 0 amide bonds. The first-order chi connectivity index (χ1) is 9.25. The number of hydrogen-bond donors (Lipinski definition) is 1. The summed E-state index contributed by atoms with van der Waals surface area (Å²) in [5.74, 6) is 0. The molecule has 1 N–H and O–H groups in total. The lowest BCUT2D eigenvalue weighted by Crippen LogP contribution is -2.24. The quantitative estimate of drug-likeness (QED) is 0.791. The van der Waals surface area contributed by atoms with Gasteiger partial charge in [0.15, 0.2) is 0 Å². The van der Waals surface area contributed by atoms with Crippen molar-refractivity contribution >= 4 is 15.9 Å². The first kappa shape index (κ1) is 15.0. The molecule has 1 fully saturated rings. The fourth-order valence-electron chi connectivity index (χ4n) is 2.51. The molecule has 1 aliphatic rings. The Labute approximate surface area is 125 Å². The van der Waals surface area contributed by atoms with Crippen molar-refractivity contribution < 1.29 is 4.74 Å². The van der Waals surface area contributed by atoms with Gasteiger partial charge in [0.05, 0.1) is 12.7 Å². The highest BCUT2D eigenvalue weighted by molar-refractivity contribution is 9.10. The number of halogens is 1. The highest BCUT2D eigenvalue weighted by atomic mass is 79.9. The molecule has 1 aromatic rings. The summed E-state index contributed by atoms with van der Waals surface area (Å²) in [7, 11) is 0. The number of hydrogen-bond acceptors (Lipinski definition) is 2. The van der Waals surface area contributed by atoms with Gasteiger partial charge in [-0.05, 0) is 37.0 Å². The summed E-state index contributed by atoms with van der Waals surface area (Å²) in [6.45, 7) is 4.78. The van der Waals surface area contributed by atoms with Crippen LogP contribution >= 0.6 is 15.9 Å². The van der Waals surface area contributed by atoms with Crippen molar-refractivity contribution in [3.63, 3.8) is 0 Å². The van der Waals surface area contributed by atoms with Gasteiger partial charge in [0, 0.05) is 17.6 Å². The molecule has 0 atom stereocenters. The molecule has 0 aliphatic heterocycles. The molecule has 19 heavy (non-hydrogen) atoms. The lowest BCUT2D eigenvalue weighted by Gasteiger charge is -2.22. The van der Waals surface area contributed by atoms with Crippen LogP contribution in [0.25, 0.3) is 0 Å². The number of nitrogens with one attached hydrogen (secondary N) is 1. The number of ether oxygens (including phenoxy) is 1. The second kappa shape index (κ2) is 8.03. The Kier molecular flexibility index (Phi) is 6.35. The van der Waals surface area contributed by atoms with Gasteiger partial charge in [0.25, 0.3) is 0 Å². The van der Waals surface area contributed by atoms with E-state index >= 15 is 0 Å². The Morgan fingerprint density at radius 1 is 1.26 bits per heavy atom. The molecule has 0 saturated heterocycles. The number of aryl methyl sites for hydroxylation is 1. The van der Waals surface area contributed by atoms with Crippen LogP contribution in [0.4, 0.5) is 0 Å². The van der Waals surface area contributed by atoms with Gasteiger partial charge < -0.3 is 10.1 Å². The van der Waals surface area contributed by atoms with E-state index in [1.165, 1.54) is 47.7 Å². The zero-order chi connectivity index (χ0) is 13.5. The van der Waals surface area contributed by atoms with E-state index in [4.69, 9.17) is 4.74 Å². The van der Waals surface area contributed by atoms with E-state index < -0.39 is 0 Å². The molecule has 0 radical (unpaired) electrons. The minimum absolute atomic E-state index is 0.518. The van der Waals surface area contributed by atoms with Crippen molar-refractivity contribution in [1.29, 1.82) is 0 Å². The molecule has 0 aromatic heterocycles. The third-order valence-electron chi connectivity index (χ3n) is 3.75. The molecule has 0 bridgehead atoms. The highest BCUT2D eigenvalue weighted by Crippen LogP contribution is 2.20. The Bertz CT molecular complexity index is 388. The fraction of sp³-hybridized carbons (Fsp3) is 0.625. The molecule has 1 aromatic carbocycles. The SMILES string of the molecule is Cc1ccc(CNCCOC2CCCCC2)cc1Br. The van der Waals surface area contributed by atoms with Crippen LogP contribution in [0.1, 0.15) is 43.2 Å². The lowest BCUT2D eigenvalue weighted by atomic mass is 9.98. The van der Waals surface area contributed by atoms with Crippen molar-refractivity contribution in [1.82, 2.24) is 5.32 Å². The van der Waals surface area contributed by atoms with Gasteiger partial charge in [-0.15, -0.1) is 0 Å².